The van der Waals surface area contributed by atoms with E-state index in [2.05, 4.69) is 19.2 Å². The maximum atomic E-state index is 8.66. The van der Waals surface area contributed by atoms with Crippen LogP contribution in [0.2, 0.25) is 0 Å². The highest BCUT2D eigenvalue weighted by molar-refractivity contribution is 4.52. The highest BCUT2D eigenvalue weighted by atomic mass is 16.3. The smallest absolute Gasteiger partial charge is 0.0457 e. The van der Waals surface area contributed by atoms with Gasteiger partial charge in [0.25, 0.3) is 0 Å². The highest BCUT2D eigenvalue weighted by Crippen LogP contribution is 1.96. The first kappa shape index (κ1) is 14.4. The van der Waals surface area contributed by atoms with Crippen LogP contribution < -0.4 is 5.32 Å². The predicted molar refractivity (Wildman–Crippen MR) is 52.2 cm³/mol. The zero-order chi connectivity index (χ0) is 9.82. The van der Waals surface area contributed by atoms with Gasteiger partial charge in [-0.1, -0.05) is 13.8 Å². The van der Waals surface area contributed by atoms with E-state index in [1.165, 1.54) is 6.42 Å². The molecule has 0 bridgehead atoms. The average Bonchev–Trinajstić information content (AvgIpc) is 2.15. The summed E-state index contributed by atoms with van der Waals surface area (Å²) in [6.45, 7) is 6.66. The zero-order valence-electron chi connectivity index (χ0n) is 8.51. The van der Waals surface area contributed by atoms with Crippen molar-refractivity contribution >= 4 is 0 Å². The lowest BCUT2D eigenvalue weighted by Crippen LogP contribution is -2.19. The Morgan fingerprint density at radius 1 is 1.25 bits per heavy atom. The Hall–Kier alpha value is -0.120. The molecule has 0 aromatic heterocycles. The lowest BCUT2D eigenvalue weighted by atomic mass is 10.1. The van der Waals surface area contributed by atoms with Crippen LogP contribution >= 0.6 is 0 Å². The Labute approximate surface area is 75.8 Å². The number of rotatable bonds is 6. The molecule has 0 heterocycles. The fourth-order valence-corrected chi connectivity index (χ4v) is 0.742. The third-order valence-corrected chi connectivity index (χ3v) is 1.55. The van der Waals surface area contributed by atoms with Crippen molar-refractivity contribution in [1.82, 2.24) is 5.32 Å². The van der Waals surface area contributed by atoms with Crippen LogP contribution in [0, 0.1) is 5.92 Å². The van der Waals surface area contributed by atoms with Gasteiger partial charge in [0, 0.05) is 13.7 Å². The second-order valence-electron chi connectivity index (χ2n) is 2.83. The van der Waals surface area contributed by atoms with Gasteiger partial charge in [-0.15, -0.1) is 0 Å². The normalized spacial score (nSPS) is 11.8. The van der Waals surface area contributed by atoms with Gasteiger partial charge in [-0.2, -0.15) is 0 Å². The average molecular weight is 177 g/mol. The van der Waals surface area contributed by atoms with E-state index in [1.54, 1.807) is 0 Å². The number of hydrogen-bond donors (Lipinski definition) is 3. The van der Waals surface area contributed by atoms with Crippen LogP contribution in [-0.4, -0.2) is 37.0 Å². The topological polar surface area (TPSA) is 52.5 Å². The van der Waals surface area contributed by atoms with Crippen molar-refractivity contribution in [1.29, 1.82) is 0 Å². The van der Waals surface area contributed by atoms with E-state index in [9.17, 15) is 0 Å². The predicted octanol–water partition coefficient (Wildman–Crippen LogP) is 0.613. The van der Waals surface area contributed by atoms with Gasteiger partial charge in [0.15, 0.2) is 0 Å². The summed E-state index contributed by atoms with van der Waals surface area (Å²) in [6, 6.07) is 0. The minimum Gasteiger partial charge on any atom is -0.400 e. The maximum Gasteiger partial charge on any atom is 0.0457 e. The molecule has 0 saturated heterocycles. The molecule has 0 saturated carbocycles. The Kier molecular flexibility index (Phi) is 16.2. The van der Waals surface area contributed by atoms with Gasteiger partial charge in [-0.25, -0.2) is 0 Å². The number of hydrogen-bond acceptors (Lipinski definition) is 3. The molecule has 0 aromatic rings. The third-order valence-electron chi connectivity index (χ3n) is 1.55. The van der Waals surface area contributed by atoms with Crippen LogP contribution in [0.25, 0.3) is 0 Å². The fraction of sp³-hybridized carbons (Fsp3) is 1.00. The molecular formula is C9H23NO2. The van der Waals surface area contributed by atoms with Gasteiger partial charge in [0.05, 0.1) is 0 Å². The summed E-state index contributed by atoms with van der Waals surface area (Å²) in [4.78, 5) is 0. The van der Waals surface area contributed by atoms with Crippen LogP contribution in [0.1, 0.15) is 26.7 Å². The summed E-state index contributed by atoms with van der Waals surface area (Å²) < 4.78 is 0. The van der Waals surface area contributed by atoms with Crippen molar-refractivity contribution in [2.24, 2.45) is 5.92 Å². The van der Waals surface area contributed by atoms with Crippen molar-refractivity contribution < 1.29 is 10.2 Å². The molecule has 1 unspecified atom stereocenters. The molecule has 0 amide bonds. The Morgan fingerprint density at radius 2 is 1.83 bits per heavy atom. The molecule has 0 aliphatic heterocycles. The summed E-state index contributed by atoms with van der Waals surface area (Å²) in [5.41, 5.74) is 0. The SMILES string of the molecule is CCCNCCC(C)CO.CO. The largest absolute Gasteiger partial charge is 0.400 e. The monoisotopic (exact) mass is 177 g/mol. The van der Waals surface area contributed by atoms with Gasteiger partial charge in [0.2, 0.25) is 0 Å². The first-order valence-electron chi connectivity index (χ1n) is 4.57. The minimum absolute atomic E-state index is 0.313. The summed E-state index contributed by atoms with van der Waals surface area (Å²) in [5.74, 6) is 0.448. The number of aliphatic hydroxyl groups excluding tert-OH is 2. The molecule has 1 atom stereocenters. The quantitative estimate of drug-likeness (QED) is 0.521. The number of aliphatic hydroxyl groups is 2. The lowest BCUT2D eigenvalue weighted by Gasteiger charge is -2.07. The summed E-state index contributed by atoms with van der Waals surface area (Å²) >= 11 is 0. The van der Waals surface area contributed by atoms with Gasteiger partial charge in [0.1, 0.15) is 0 Å². The third kappa shape index (κ3) is 12.5. The molecule has 3 nitrogen and oxygen atoms in total. The Balaban J connectivity index is 0. The van der Waals surface area contributed by atoms with Crippen LogP contribution in [0.4, 0.5) is 0 Å². The van der Waals surface area contributed by atoms with Gasteiger partial charge in [-0.05, 0) is 31.8 Å². The van der Waals surface area contributed by atoms with Crippen LogP contribution in [0.15, 0.2) is 0 Å². The zero-order valence-corrected chi connectivity index (χ0v) is 8.51. The van der Waals surface area contributed by atoms with Crippen molar-refractivity contribution in [3.05, 3.63) is 0 Å². The fourth-order valence-electron chi connectivity index (χ4n) is 0.742. The first-order valence-corrected chi connectivity index (χ1v) is 4.57. The van der Waals surface area contributed by atoms with Crippen molar-refractivity contribution in [3.8, 4) is 0 Å². The molecule has 0 fully saturated rings. The highest BCUT2D eigenvalue weighted by Gasteiger charge is 1.97. The van der Waals surface area contributed by atoms with E-state index < -0.39 is 0 Å². The number of nitrogens with one attached hydrogen (secondary N) is 1. The molecule has 76 valence electrons. The van der Waals surface area contributed by atoms with Gasteiger partial charge < -0.3 is 15.5 Å². The van der Waals surface area contributed by atoms with E-state index >= 15 is 0 Å². The van der Waals surface area contributed by atoms with Crippen molar-refractivity contribution in [3.63, 3.8) is 0 Å². The molecule has 0 aromatic carbocycles. The first-order chi connectivity index (χ1) is 5.81. The van der Waals surface area contributed by atoms with Crippen LogP contribution in [0.3, 0.4) is 0 Å². The molecule has 0 aliphatic rings. The van der Waals surface area contributed by atoms with Crippen LogP contribution in [0.5, 0.6) is 0 Å². The van der Waals surface area contributed by atoms with Crippen LogP contribution in [-0.2, 0) is 0 Å². The van der Waals surface area contributed by atoms with E-state index in [0.29, 0.717) is 12.5 Å². The second-order valence-corrected chi connectivity index (χ2v) is 2.83. The standard InChI is InChI=1S/C8H19NO.CH4O/c1-3-5-9-6-4-8(2)7-10;1-2/h8-10H,3-7H2,1-2H3;2H,1H3. The molecule has 0 radical (unpaired) electrons. The van der Waals surface area contributed by atoms with E-state index in [-0.39, 0.29) is 0 Å². The molecule has 12 heavy (non-hydrogen) atoms. The molecular weight excluding hydrogens is 154 g/mol. The van der Waals surface area contributed by atoms with Crippen molar-refractivity contribution in [2.75, 3.05) is 26.8 Å². The minimum atomic E-state index is 0.313. The van der Waals surface area contributed by atoms with E-state index in [1.807, 2.05) is 0 Å². The maximum absolute atomic E-state index is 8.66. The molecule has 3 heteroatoms. The van der Waals surface area contributed by atoms with Gasteiger partial charge in [-0.3, -0.25) is 0 Å². The molecule has 0 rings (SSSR count). The molecule has 3 N–H and O–H groups in total. The van der Waals surface area contributed by atoms with Crippen molar-refractivity contribution in [2.45, 2.75) is 26.7 Å². The van der Waals surface area contributed by atoms with E-state index in [4.69, 9.17) is 10.2 Å². The summed E-state index contributed by atoms with van der Waals surface area (Å²) in [6.07, 6.45) is 2.27. The van der Waals surface area contributed by atoms with Gasteiger partial charge >= 0.3 is 0 Å². The Morgan fingerprint density at radius 3 is 2.25 bits per heavy atom. The summed E-state index contributed by atoms with van der Waals surface area (Å²) in [7, 11) is 1.00. The molecule has 0 spiro atoms. The lowest BCUT2D eigenvalue weighted by molar-refractivity contribution is 0.229. The summed E-state index contributed by atoms with van der Waals surface area (Å²) in [5, 5.41) is 19.0. The Bertz CT molecular complexity index is 69.5. The molecule has 0 aliphatic carbocycles. The second kappa shape index (κ2) is 13.5. The van der Waals surface area contributed by atoms with E-state index in [0.717, 1.165) is 26.6 Å².